The summed E-state index contributed by atoms with van der Waals surface area (Å²) in [4.78, 5) is 24.2. The average molecular weight is 413 g/mol. The summed E-state index contributed by atoms with van der Waals surface area (Å²) in [7, 11) is -3.80. The number of hydrogen-bond donors (Lipinski definition) is 3. The highest BCUT2D eigenvalue weighted by molar-refractivity contribution is 7.92. The molecule has 0 saturated heterocycles. The zero-order valence-electron chi connectivity index (χ0n) is 15.7. The molecule has 150 valence electrons. The van der Waals surface area contributed by atoms with Crippen molar-refractivity contribution in [1.29, 1.82) is 0 Å². The predicted octanol–water partition coefficient (Wildman–Crippen LogP) is 2.77. The number of amides is 2. The lowest BCUT2D eigenvalue weighted by molar-refractivity contribution is 0.0845. The van der Waals surface area contributed by atoms with Crippen LogP contribution in [0.2, 0.25) is 0 Å². The zero-order valence-corrected chi connectivity index (χ0v) is 16.5. The quantitative estimate of drug-likeness (QED) is 0.556. The van der Waals surface area contributed by atoms with Crippen LogP contribution in [-0.4, -0.2) is 20.2 Å². The maximum absolute atomic E-state index is 12.5. The third-order valence-corrected chi connectivity index (χ3v) is 5.59. The van der Waals surface area contributed by atoms with Crippen LogP contribution in [0.3, 0.4) is 0 Å². The van der Waals surface area contributed by atoms with Gasteiger partial charge >= 0.3 is 0 Å². The number of nitrogens with one attached hydrogen (secondary N) is 3. The fourth-order valence-electron chi connectivity index (χ4n) is 2.55. The molecule has 0 atom stereocenters. The second-order valence-corrected chi connectivity index (χ2v) is 7.93. The molecule has 2 amide bonds. The summed E-state index contributed by atoms with van der Waals surface area (Å²) in [5.74, 6) is -0.686. The molecule has 1 aromatic heterocycles. The van der Waals surface area contributed by atoms with Gasteiger partial charge in [-0.1, -0.05) is 18.2 Å². The minimum Gasteiger partial charge on any atom is -0.469 e. The summed E-state index contributed by atoms with van der Waals surface area (Å²) in [5.41, 5.74) is 6.30. The molecule has 0 unspecified atom stereocenters. The van der Waals surface area contributed by atoms with E-state index in [1.807, 2.05) is 6.07 Å². The van der Waals surface area contributed by atoms with Gasteiger partial charge in [-0.3, -0.25) is 25.2 Å². The van der Waals surface area contributed by atoms with Gasteiger partial charge in [0.25, 0.3) is 21.8 Å². The molecule has 0 aliphatic rings. The molecular weight excluding hydrogens is 394 g/mol. The van der Waals surface area contributed by atoms with Crippen LogP contribution < -0.4 is 15.6 Å². The Morgan fingerprint density at radius 3 is 2.14 bits per heavy atom. The van der Waals surface area contributed by atoms with Crippen molar-refractivity contribution >= 4 is 27.5 Å². The number of carbonyl (C=O) groups excluding carboxylic acids is 2. The number of hydrogen-bond acceptors (Lipinski definition) is 5. The van der Waals surface area contributed by atoms with Gasteiger partial charge in [-0.25, -0.2) is 8.42 Å². The Labute approximate surface area is 168 Å². The van der Waals surface area contributed by atoms with Gasteiger partial charge in [0.15, 0.2) is 0 Å². The number of hydrazine groups is 1. The first-order valence-electron chi connectivity index (χ1n) is 8.61. The molecule has 8 nitrogen and oxygen atoms in total. The van der Waals surface area contributed by atoms with Crippen LogP contribution in [0.4, 0.5) is 5.69 Å². The van der Waals surface area contributed by atoms with Gasteiger partial charge in [-0.2, -0.15) is 0 Å². The second-order valence-electron chi connectivity index (χ2n) is 6.24. The van der Waals surface area contributed by atoms with Crippen LogP contribution in [0.25, 0.3) is 0 Å². The van der Waals surface area contributed by atoms with E-state index < -0.39 is 21.8 Å². The summed E-state index contributed by atoms with van der Waals surface area (Å²) in [6.45, 7) is 3.42. The molecule has 2 aromatic carbocycles. The molecule has 0 bridgehead atoms. The standard InChI is InChI=1S/C20H19N3O5S/c1-13-5-3-4-6-18(13)23-29(26,27)16-9-7-15(8-10-16)19(24)21-22-20(25)17-11-12-28-14(17)2/h3-12,23H,1-2H3,(H,21,24)(H,22,25). The van der Waals surface area contributed by atoms with Gasteiger partial charge < -0.3 is 4.42 Å². The van der Waals surface area contributed by atoms with Crippen molar-refractivity contribution < 1.29 is 22.4 Å². The Morgan fingerprint density at radius 2 is 1.52 bits per heavy atom. The predicted molar refractivity (Wildman–Crippen MR) is 107 cm³/mol. The minimum atomic E-state index is -3.80. The molecule has 29 heavy (non-hydrogen) atoms. The van der Waals surface area contributed by atoms with E-state index in [4.69, 9.17) is 4.42 Å². The van der Waals surface area contributed by atoms with Gasteiger partial charge in [0.05, 0.1) is 22.4 Å². The van der Waals surface area contributed by atoms with Crippen LogP contribution >= 0.6 is 0 Å². The van der Waals surface area contributed by atoms with Crippen molar-refractivity contribution in [3.05, 3.63) is 83.3 Å². The van der Waals surface area contributed by atoms with Gasteiger partial charge in [0.1, 0.15) is 5.76 Å². The summed E-state index contributed by atoms with van der Waals surface area (Å²) in [6.07, 6.45) is 1.37. The maximum atomic E-state index is 12.5. The van der Waals surface area contributed by atoms with E-state index in [9.17, 15) is 18.0 Å². The van der Waals surface area contributed by atoms with Gasteiger partial charge in [-0.05, 0) is 55.8 Å². The third-order valence-electron chi connectivity index (χ3n) is 4.21. The highest BCUT2D eigenvalue weighted by Gasteiger charge is 2.17. The largest absolute Gasteiger partial charge is 0.469 e. The van der Waals surface area contributed by atoms with E-state index in [-0.39, 0.29) is 10.5 Å². The van der Waals surface area contributed by atoms with E-state index >= 15 is 0 Å². The SMILES string of the molecule is Cc1ccccc1NS(=O)(=O)c1ccc(C(=O)NNC(=O)c2ccoc2C)cc1. The smallest absolute Gasteiger partial charge is 0.273 e. The van der Waals surface area contributed by atoms with Crippen LogP contribution in [0, 0.1) is 13.8 Å². The first-order chi connectivity index (χ1) is 13.8. The lowest BCUT2D eigenvalue weighted by atomic mass is 10.2. The van der Waals surface area contributed by atoms with Crippen molar-refractivity contribution in [2.24, 2.45) is 0 Å². The van der Waals surface area contributed by atoms with E-state index in [0.29, 0.717) is 17.0 Å². The summed E-state index contributed by atoms with van der Waals surface area (Å²) in [6, 6.07) is 13.8. The van der Waals surface area contributed by atoms with Gasteiger partial charge in [-0.15, -0.1) is 0 Å². The Kier molecular flexibility index (Phi) is 5.69. The summed E-state index contributed by atoms with van der Waals surface area (Å²) in [5, 5.41) is 0. The van der Waals surface area contributed by atoms with E-state index in [2.05, 4.69) is 15.6 Å². The van der Waals surface area contributed by atoms with Gasteiger partial charge in [0.2, 0.25) is 0 Å². The first kappa shape index (κ1) is 20.2. The summed E-state index contributed by atoms with van der Waals surface area (Å²) >= 11 is 0. The van der Waals surface area contributed by atoms with E-state index in [1.165, 1.54) is 36.6 Å². The molecule has 3 rings (SSSR count). The molecule has 0 spiro atoms. The molecule has 0 aliphatic carbocycles. The van der Waals surface area contributed by atoms with Crippen LogP contribution in [-0.2, 0) is 10.0 Å². The number of anilines is 1. The third kappa shape index (κ3) is 4.64. The van der Waals surface area contributed by atoms with E-state index in [0.717, 1.165) is 5.56 Å². The second kappa shape index (κ2) is 8.19. The van der Waals surface area contributed by atoms with Crippen LogP contribution in [0.1, 0.15) is 32.0 Å². The molecule has 1 heterocycles. The van der Waals surface area contributed by atoms with Crippen molar-refractivity contribution in [2.45, 2.75) is 18.7 Å². The normalized spacial score (nSPS) is 11.0. The van der Waals surface area contributed by atoms with Gasteiger partial charge in [0, 0.05) is 5.56 Å². The Bertz CT molecular complexity index is 1150. The molecule has 0 radical (unpaired) electrons. The van der Waals surface area contributed by atoms with Crippen LogP contribution in [0.5, 0.6) is 0 Å². The zero-order chi connectivity index (χ0) is 21.0. The fraction of sp³-hybridized carbons (Fsp3) is 0.100. The lowest BCUT2D eigenvalue weighted by Crippen LogP contribution is -2.41. The fourth-order valence-corrected chi connectivity index (χ4v) is 3.68. The number of carbonyl (C=O) groups is 2. The molecule has 0 saturated carbocycles. The highest BCUT2D eigenvalue weighted by Crippen LogP contribution is 2.19. The molecule has 3 aromatic rings. The van der Waals surface area contributed by atoms with Crippen LogP contribution in [0.15, 0.2) is 70.2 Å². The topological polar surface area (TPSA) is 118 Å². The van der Waals surface area contributed by atoms with Crippen molar-refractivity contribution in [3.63, 3.8) is 0 Å². The van der Waals surface area contributed by atoms with Crippen molar-refractivity contribution in [1.82, 2.24) is 10.9 Å². The van der Waals surface area contributed by atoms with E-state index in [1.54, 1.807) is 32.0 Å². The number of benzene rings is 2. The average Bonchev–Trinajstić information content (AvgIpc) is 3.13. The number of furan rings is 1. The molecule has 9 heteroatoms. The van der Waals surface area contributed by atoms with Crippen molar-refractivity contribution in [2.75, 3.05) is 4.72 Å². The first-order valence-corrected chi connectivity index (χ1v) is 10.1. The number of aryl methyl sites for hydroxylation is 2. The number of para-hydroxylation sites is 1. The Hall–Kier alpha value is -3.59. The molecule has 0 aliphatic heterocycles. The maximum Gasteiger partial charge on any atom is 0.273 e. The summed E-state index contributed by atoms with van der Waals surface area (Å²) < 4.78 is 32.6. The monoisotopic (exact) mass is 413 g/mol. The minimum absolute atomic E-state index is 0.00959. The molecule has 0 fully saturated rings. The Morgan fingerprint density at radius 1 is 0.862 bits per heavy atom. The molecular formula is C20H19N3O5S. The highest BCUT2D eigenvalue weighted by atomic mass is 32.2. The Balaban J connectivity index is 1.66. The van der Waals surface area contributed by atoms with Crippen molar-refractivity contribution in [3.8, 4) is 0 Å². The number of sulfonamides is 1. The molecule has 3 N–H and O–H groups in total. The lowest BCUT2D eigenvalue weighted by Gasteiger charge is -2.11. The number of rotatable bonds is 5.